The van der Waals surface area contributed by atoms with Crippen molar-refractivity contribution in [2.24, 2.45) is 0 Å². The first-order valence-corrected chi connectivity index (χ1v) is 5.34. The van der Waals surface area contributed by atoms with E-state index in [-0.39, 0.29) is 12.5 Å². The summed E-state index contributed by atoms with van der Waals surface area (Å²) in [5.41, 5.74) is 1.99. The minimum absolute atomic E-state index is 0.0825. The number of rotatable bonds is 6. The number of nitrogens with one attached hydrogen (secondary N) is 2. The second-order valence-electron chi connectivity index (χ2n) is 3.46. The molecular weight excluding hydrogens is 204 g/mol. The van der Waals surface area contributed by atoms with E-state index in [2.05, 4.69) is 17.6 Å². The van der Waals surface area contributed by atoms with Gasteiger partial charge in [0.15, 0.2) is 0 Å². The molecule has 0 unspecified atom stereocenters. The van der Waals surface area contributed by atoms with Crippen LogP contribution in [-0.2, 0) is 16.1 Å². The molecule has 4 nitrogen and oxygen atoms in total. The summed E-state index contributed by atoms with van der Waals surface area (Å²) in [5, 5.41) is 5.98. The normalized spacial score (nSPS) is 10.1. The van der Waals surface area contributed by atoms with Crippen molar-refractivity contribution in [2.75, 3.05) is 25.6 Å². The number of carbonyl (C=O) groups excluding carboxylic acids is 1. The van der Waals surface area contributed by atoms with Gasteiger partial charge in [0, 0.05) is 19.3 Å². The second kappa shape index (κ2) is 6.98. The Kier molecular flexibility index (Phi) is 5.53. The summed E-state index contributed by atoms with van der Waals surface area (Å²) in [7, 11) is 1.50. The van der Waals surface area contributed by atoms with E-state index < -0.39 is 0 Å². The minimum Gasteiger partial charge on any atom is -0.375 e. The van der Waals surface area contributed by atoms with Crippen molar-refractivity contribution < 1.29 is 9.53 Å². The first-order chi connectivity index (χ1) is 7.76. The Morgan fingerprint density at radius 1 is 1.31 bits per heavy atom. The van der Waals surface area contributed by atoms with Crippen LogP contribution in [0.4, 0.5) is 5.69 Å². The van der Waals surface area contributed by atoms with Crippen molar-refractivity contribution in [1.29, 1.82) is 0 Å². The summed E-state index contributed by atoms with van der Waals surface area (Å²) in [6, 6.07) is 7.76. The van der Waals surface area contributed by atoms with Crippen molar-refractivity contribution in [2.45, 2.75) is 13.5 Å². The van der Waals surface area contributed by atoms with Gasteiger partial charge in [-0.05, 0) is 24.2 Å². The van der Waals surface area contributed by atoms with Gasteiger partial charge in [0.05, 0.1) is 0 Å². The van der Waals surface area contributed by atoms with Crippen LogP contribution in [-0.4, -0.2) is 26.2 Å². The van der Waals surface area contributed by atoms with Crippen molar-refractivity contribution in [3.05, 3.63) is 29.8 Å². The smallest absolute Gasteiger partial charge is 0.250 e. The predicted octanol–water partition coefficient (Wildman–Crippen LogP) is 1.38. The molecule has 4 heteroatoms. The van der Waals surface area contributed by atoms with Gasteiger partial charge in [-0.3, -0.25) is 4.79 Å². The summed E-state index contributed by atoms with van der Waals surface area (Å²) in [5.74, 6) is -0.137. The highest BCUT2D eigenvalue weighted by Gasteiger charge is 2.00. The average molecular weight is 222 g/mol. The second-order valence-corrected chi connectivity index (χ2v) is 3.46. The topological polar surface area (TPSA) is 50.4 Å². The molecule has 1 aromatic rings. The monoisotopic (exact) mass is 222 g/mol. The van der Waals surface area contributed by atoms with E-state index in [4.69, 9.17) is 4.74 Å². The Labute approximate surface area is 96.0 Å². The quantitative estimate of drug-likeness (QED) is 0.764. The van der Waals surface area contributed by atoms with Gasteiger partial charge in [-0.1, -0.05) is 19.1 Å². The maximum absolute atomic E-state index is 11.2. The molecule has 0 saturated heterocycles. The van der Waals surface area contributed by atoms with Crippen LogP contribution in [0, 0.1) is 0 Å². The molecule has 0 bridgehead atoms. The molecule has 2 N–H and O–H groups in total. The summed E-state index contributed by atoms with van der Waals surface area (Å²) < 4.78 is 4.73. The molecule has 0 saturated carbocycles. The number of hydrogen-bond acceptors (Lipinski definition) is 3. The fourth-order valence-corrected chi connectivity index (χ4v) is 1.30. The van der Waals surface area contributed by atoms with Crippen LogP contribution in [0.5, 0.6) is 0 Å². The van der Waals surface area contributed by atoms with Crippen LogP contribution in [0.3, 0.4) is 0 Å². The van der Waals surface area contributed by atoms with Crippen molar-refractivity contribution in [1.82, 2.24) is 5.32 Å². The number of benzene rings is 1. The first kappa shape index (κ1) is 12.7. The van der Waals surface area contributed by atoms with Crippen LogP contribution in [0.1, 0.15) is 12.5 Å². The maximum atomic E-state index is 11.2. The Morgan fingerprint density at radius 2 is 2.00 bits per heavy atom. The summed E-state index contributed by atoms with van der Waals surface area (Å²) in [4.78, 5) is 11.2. The predicted molar refractivity (Wildman–Crippen MR) is 64.3 cm³/mol. The number of hydrogen-bond donors (Lipinski definition) is 2. The molecule has 0 aliphatic rings. The summed E-state index contributed by atoms with van der Waals surface area (Å²) in [6.07, 6.45) is 0. The Morgan fingerprint density at radius 3 is 2.56 bits per heavy atom. The third-order valence-electron chi connectivity index (χ3n) is 2.09. The fraction of sp³-hybridized carbons (Fsp3) is 0.417. The van der Waals surface area contributed by atoms with Crippen molar-refractivity contribution >= 4 is 11.6 Å². The van der Waals surface area contributed by atoms with Crippen molar-refractivity contribution in [3.8, 4) is 0 Å². The molecule has 1 rings (SSSR count). The largest absolute Gasteiger partial charge is 0.375 e. The summed E-state index contributed by atoms with van der Waals surface area (Å²) in [6.45, 7) is 3.95. The molecule has 88 valence electrons. The number of anilines is 1. The van der Waals surface area contributed by atoms with Gasteiger partial charge in [0.2, 0.25) is 5.91 Å². The van der Waals surface area contributed by atoms with Gasteiger partial charge in [-0.15, -0.1) is 0 Å². The summed E-state index contributed by atoms with van der Waals surface area (Å²) >= 11 is 0. The lowest BCUT2D eigenvalue weighted by molar-refractivity contribution is -0.119. The van der Waals surface area contributed by atoms with Gasteiger partial charge >= 0.3 is 0 Å². The molecule has 1 aromatic carbocycles. The van der Waals surface area contributed by atoms with Gasteiger partial charge < -0.3 is 15.4 Å². The highest BCUT2D eigenvalue weighted by atomic mass is 16.5. The number of carbonyl (C=O) groups is 1. The molecule has 0 fully saturated rings. The third-order valence-corrected chi connectivity index (χ3v) is 2.09. The highest BCUT2D eigenvalue weighted by molar-refractivity contribution is 5.91. The molecular formula is C12H18N2O2. The van der Waals surface area contributed by atoms with Crippen LogP contribution >= 0.6 is 0 Å². The zero-order valence-corrected chi connectivity index (χ0v) is 9.75. The fourth-order valence-electron chi connectivity index (χ4n) is 1.30. The zero-order valence-electron chi connectivity index (χ0n) is 9.75. The SMILES string of the molecule is CCNCc1ccc(NC(=O)COC)cc1. The molecule has 16 heavy (non-hydrogen) atoms. The molecule has 1 amide bonds. The Balaban J connectivity index is 2.47. The number of amides is 1. The van der Waals surface area contributed by atoms with Gasteiger partial charge in [-0.25, -0.2) is 0 Å². The lowest BCUT2D eigenvalue weighted by Crippen LogP contribution is -2.17. The van der Waals surface area contributed by atoms with E-state index >= 15 is 0 Å². The Hall–Kier alpha value is -1.39. The molecule has 0 radical (unpaired) electrons. The van der Waals surface area contributed by atoms with E-state index in [0.29, 0.717) is 0 Å². The van der Waals surface area contributed by atoms with E-state index in [0.717, 1.165) is 18.8 Å². The van der Waals surface area contributed by atoms with Gasteiger partial charge in [-0.2, -0.15) is 0 Å². The average Bonchev–Trinajstić information content (AvgIpc) is 2.28. The van der Waals surface area contributed by atoms with Crippen LogP contribution in [0.2, 0.25) is 0 Å². The lowest BCUT2D eigenvalue weighted by Gasteiger charge is -2.06. The van der Waals surface area contributed by atoms with Crippen LogP contribution in [0.15, 0.2) is 24.3 Å². The van der Waals surface area contributed by atoms with E-state index in [1.165, 1.54) is 12.7 Å². The molecule has 0 aromatic heterocycles. The number of ether oxygens (including phenoxy) is 1. The molecule has 0 atom stereocenters. The van der Waals surface area contributed by atoms with E-state index in [1.54, 1.807) is 0 Å². The lowest BCUT2D eigenvalue weighted by atomic mass is 10.2. The van der Waals surface area contributed by atoms with Gasteiger partial charge in [0.25, 0.3) is 0 Å². The van der Waals surface area contributed by atoms with Gasteiger partial charge in [0.1, 0.15) is 6.61 Å². The first-order valence-electron chi connectivity index (χ1n) is 5.34. The minimum atomic E-state index is -0.137. The van der Waals surface area contributed by atoms with Crippen molar-refractivity contribution in [3.63, 3.8) is 0 Å². The Bertz CT molecular complexity index is 322. The highest BCUT2D eigenvalue weighted by Crippen LogP contribution is 2.09. The number of methoxy groups -OCH3 is 1. The maximum Gasteiger partial charge on any atom is 0.250 e. The molecule has 0 spiro atoms. The van der Waals surface area contributed by atoms with Crippen LogP contribution in [0.25, 0.3) is 0 Å². The zero-order chi connectivity index (χ0) is 11.8. The third kappa shape index (κ3) is 4.42. The van der Waals surface area contributed by atoms with E-state index in [1.807, 2.05) is 24.3 Å². The molecule has 0 heterocycles. The molecule has 0 aliphatic heterocycles. The van der Waals surface area contributed by atoms with Crippen LogP contribution < -0.4 is 10.6 Å². The molecule has 0 aliphatic carbocycles. The standard InChI is InChI=1S/C12H18N2O2/c1-3-13-8-10-4-6-11(7-5-10)14-12(15)9-16-2/h4-7,13H,3,8-9H2,1-2H3,(H,14,15). The van der Waals surface area contributed by atoms with E-state index in [9.17, 15) is 4.79 Å².